The van der Waals surface area contributed by atoms with Crippen LogP contribution in [0.4, 0.5) is 5.69 Å². The predicted molar refractivity (Wildman–Crippen MR) is 125 cm³/mol. The van der Waals surface area contributed by atoms with E-state index in [9.17, 15) is 13.2 Å². The van der Waals surface area contributed by atoms with Crippen molar-refractivity contribution in [3.63, 3.8) is 0 Å². The fourth-order valence-corrected chi connectivity index (χ4v) is 4.41. The van der Waals surface area contributed by atoms with Gasteiger partial charge >= 0.3 is 0 Å². The zero-order valence-electron chi connectivity index (χ0n) is 17.7. The minimum atomic E-state index is -4.01. The van der Waals surface area contributed by atoms with Gasteiger partial charge in [-0.15, -0.1) is 0 Å². The second kappa shape index (κ2) is 8.80. The lowest BCUT2D eigenvalue weighted by atomic mass is 9.92. The molecule has 0 saturated heterocycles. The number of hydrogen-bond acceptors (Lipinski definition) is 5. The topological polar surface area (TPSA) is 84.8 Å². The number of Topliss-reactive ketones (excluding diaryl/α,β-unsaturated/α-hetero) is 1. The molecular weight excluding hydrogens is 424 g/mol. The normalized spacial score (nSPS) is 14.6. The summed E-state index contributed by atoms with van der Waals surface area (Å²) in [6, 6.07) is 20.5. The van der Waals surface area contributed by atoms with Gasteiger partial charge in [-0.3, -0.25) is 4.79 Å². The zero-order chi connectivity index (χ0) is 22.7. The van der Waals surface area contributed by atoms with Crippen LogP contribution >= 0.6 is 0 Å². The van der Waals surface area contributed by atoms with E-state index in [0.29, 0.717) is 23.5 Å². The summed E-state index contributed by atoms with van der Waals surface area (Å²) in [5.41, 5.74) is 3.05. The fraction of sp³-hybridized carbons (Fsp3) is 0.120. The van der Waals surface area contributed by atoms with Crippen LogP contribution in [0.3, 0.4) is 0 Å². The van der Waals surface area contributed by atoms with Crippen molar-refractivity contribution in [3.05, 3.63) is 101 Å². The number of anilines is 1. The van der Waals surface area contributed by atoms with Gasteiger partial charge in [-0.05, 0) is 55.8 Å². The number of nitrogens with one attached hydrogen (secondary N) is 1. The third-order valence-electron chi connectivity index (χ3n) is 5.04. The van der Waals surface area contributed by atoms with Gasteiger partial charge in [0.1, 0.15) is 5.75 Å². The van der Waals surface area contributed by atoms with Gasteiger partial charge in [0.2, 0.25) is 5.78 Å². The Morgan fingerprint density at radius 1 is 0.906 bits per heavy atom. The van der Waals surface area contributed by atoms with Crippen LogP contribution in [0.5, 0.6) is 5.75 Å². The van der Waals surface area contributed by atoms with Crippen LogP contribution in [0.2, 0.25) is 0 Å². The molecule has 0 aromatic heterocycles. The molecule has 0 saturated carbocycles. The molecule has 0 radical (unpaired) electrons. The number of aryl methyl sites for hydroxylation is 1. The number of ether oxygens (including phenoxy) is 1. The summed E-state index contributed by atoms with van der Waals surface area (Å²) < 4.78 is 35.5. The van der Waals surface area contributed by atoms with Gasteiger partial charge in [0.25, 0.3) is 10.0 Å². The first kappa shape index (κ1) is 21.5. The molecule has 6 nitrogen and oxygen atoms in total. The quantitative estimate of drug-likeness (QED) is 0.590. The summed E-state index contributed by atoms with van der Waals surface area (Å²) in [7, 11) is -4.01. The van der Waals surface area contributed by atoms with Crippen LogP contribution in [-0.2, 0) is 10.0 Å². The molecule has 1 aliphatic rings. The van der Waals surface area contributed by atoms with E-state index >= 15 is 0 Å². The van der Waals surface area contributed by atoms with Crippen molar-refractivity contribution < 1.29 is 17.9 Å². The summed E-state index contributed by atoms with van der Waals surface area (Å²) in [5.74, 6) is 0.360. The van der Waals surface area contributed by atoms with Gasteiger partial charge in [0, 0.05) is 16.8 Å². The van der Waals surface area contributed by atoms with Crippen molar-refractivity contribution in [2.24, 2.45) is 4.40 Å². The number of hydrogen-bond donors (Lipinski definition) is 1. The van der Waals surface area contributed by atoms with Gasteiger partial charge in [0.05, 0.1) is 22.9 Å². The molecule has 0 fully saturated rings. The van der Waals surface area contributed by atoms with Gasteiger partial charge < -0.3 is 10.1 Å². The SMILES string of the molecule is CCOc1ccc(S(=O)(=O)N=C2C=C(Nc3ccccc3C)C(=O)c3ccccc32)cc1. The Labute approximate surface area is 187 Å². The highest BCUT2D eigenvalue weighted by molar-refractivity contribution is 7.90. The van der Waals surface area contributed by atoms with Crippen LogP contribution in [0.25, 0.3) is 0 Å². The molecule has 0 heterocycles. The number of ketones is 1. The van der Waals surface area contributed by atoms with Crippen molar-refractivity contribution >= 4 is 27.2 Å². The van der Waals surface area contributed by atoms with E-state index in [2.05, 4.69) is 9.71 Å². The number of allylic oxidation sites excluding steroid dienone is 2. The van der Waals surface area contributed by atoms with Crippen LogP contribution in [0.1, 0.15) is 28.4 Å². The molecule has 0 amide bonds. The Balaban J connectivity index is 1.77. The van der Waals surface area contributed by atoms with Crippen LogP contribution in [-0.4, -0.2) is 26.5 Å². The molecule has 1 N–H and O–H groups in total. The van der Waals surface area contributed by atoms with Crippen molar-refractivity contribution in [2.75, 3.05) is 11.9 Å². The second-order valence-corrected chi connectivity index (χ2v) is 8.83. The average Bonchev–Trinajstić information content (AvgIpc) is 2.79. The van der Waals surface area contributed by atoms with Crippen molar-refractivity contribution in [1.29, 1.82) is 0 Å². The maximum absolute atomic E-state index is 13.1. The van der Waals surface area contributed by atoms with E-state index in [0.717, 1.165) is 11.3 Å². The Hall–Kier alpha value is -3.71. The lowest BCUT2D eigenvalue weighted by Gasteiger charge is -2.19. The lowest BCUT2D eigenvalue weighted by Crippen LogP contribution is -2.23. The summed E-state index contributed by atoms with van der Waals surface area (Å²) in [6.45, 7) is 4.27. The lowest BCUT2D eigenvalue weighted by molar-refractivity contribution is 0.103. The van der Waals surface area contributed by atoms with E-state index < -0.39 is 10.0 Å². The largest absolute Gasteiger partial charge is 0.494 e. The summed E-state index contributed by atoms with van der Waals surface area (Å²) in [6.07, 6.45) is 1.49. The third kappa shape index (κ3) is 4.33. The molecule has 0 bridgehead atoms. The van der Waals surface area contributed by atoms with Crippen molar-refractivity contribution in [3.8, 4) is 5.75 Å². The number of nitrogens with zero attached hydrogens (tertiary/aromatic N) is 1. The zero-order valence-corrected chi connectivity index (χ0v) is 18.5. The van der Waals surface area contributed by atoms with Gasteiger partial charge in [-0.25, -0.2) is 0 Å². The highest BCUT2D eigenvalue weighted by atomic mass is 32.2. The smallest absolute Gasteiger partial charge is 0.282 e. The number of benzene rings is 3. The van der Waals surface area contributed by atoms with Crippen LogP contribution in [0, 0.1) is 6.92 Å². The molecule has 3 aromatic carbocycles. The predicted octanol–water partition coefficient (Wildman–Crippen LogP) is 4.76. The highest BCUT2D eigenvalue weighted by Crippen LogP contribution is 2.26. The Morgan fingerprint density at radius 2 is 1.56 bits per heavy atom. The summed E-state index contributed by atoms with van der Waals surface area (Å²) in [5, 5.41) is 3.14. The number of carbonyl (C=O) groups excluding carboxylic acids is 1. The molecule has 0 aliphatic heterocycles. The first-order chi connectivity index (χ1) is 15.4. The molecule has 32 heavy (non-hydrogen) atoms. The van der Waals surface area contributed by atoms with E-state index in [1.807, 2.05) is 38.1 Å². The first-order valence-corrected chi connectivity index (χ1v) is 11.6. The number of rotatable bonds is 6. The second-order valence-electron chi connectivity index (χ2n) is 7.23. The van der Waals surface area contributed by atoms with E-state index in [-0.39, 0.29) is 22.1 Å². The number of para-hydroxylation sites is 1. The van der Waals surface area contributed by atoms with E-state index in [4.69, 9.17) is 4.74 Å². The first-order valence-electron chi connectivity index (χ1n) is 10.2. The van der Waals surface area contributed by atoms with E-state index in [1.165, 1.54) is 18.2 Å². The van der Waals surface area contributed by atoms with E-state index in [1.54, 1.807) is 36.4 Å². The minimum Gasteiger partial charge on any atom is -0.494 e. The maximum Gasteiger partial charge on any atom is 0.282 e. The molecule has 4 rings (SSSR count). The van der Waals surface area contributed by atoms with Gasteiger partial charge in [0.15, 0.2) is 0 Å². The Bertz CT molecular complexity index is 1340. The standard InChI is InChI=1S/C25H22N2O4S/c1-3-31-18-12-14-19(15-13-18)32(29,30)27-23-16-24(26-22-11-7-4-8-17(22)2)25(28)21-10-6-5-9-20(21)23/h4-16,26H,3H2,1-2H3. The van der Waals surface area contributed by atoms with Crippen molar-refractivity contribution in [2.45, 2.75) is 18.7 Å². The Kier molecular flexibility index (Phi) is 5.92. The number of carbonyl (C=O) groups is 1. The Morgan fingerprint density at radius 3 is 2.25 bits per heavy atom. The van der Waals surface area contributed by atoms with Crippen LogP contribution in [0.15, 0.2) is 93.9 Å². The molecule has 0 spiro atoms. The molecule has 1 aliphatic carbocycles. The highest BCUT2D eigenvalue weighted by Gasteiger charge is 2.26. The number of sulfonamides is 1. The molecule has 162 valence electrons. The monoisotopic (exact) mass is 446 g/mol. The third-order valence-corrected chi connectivity index (χ3v) is 6.34. The fourth-order valence-electron chi connectivity index (χ4n) is 3.41. The summed E-state index contributed by atoms with van der Waals surface area (Å²) >= 11 is 0. The molecular formula is C25H22N2O4S. The average molecular weight is 447 g/mol. The van der Waals surface area contributed by atoms with Gasteiger partial charge in [-0.2, -0.15) is 12.8 Å². The minimum absolute atomic E-state index is 0.0460. The summed E-state index contributed by atoms with van der Waals surface area (Å²) in [4.78, 5) is 13.1. The number of fused-ring (bicyclic) bond motifs is 1. The molecule has 0 atom stereocenters. The molecule has 3 aromatic rings. The molecule has 7 heteroatoms. The maximum atomic E-state index is 13.1. The molecule has 0 unspecified atom stereocenters. The van der Waals surface area contributed by atoms with Crippen molar-refractivity contribution in [1.82, 2.24) is 0 Å². The van der Waals surface area contributed by atoms with Gasteiger partial charge in [-0.1, -0.05) is 42.5 Å². The van der Waals surface area contributed by atoms with Crippen LogP contribution < -0.4 is 10.1 Å².